The van der Waals surface area contributed by atoms with E-state index in [1.165, 1.54) is 22.5 Å². The molecule has 0 bridgehead atoms. The minimum absolute atomic E-state index is 0.0459. The average molecular weight is 480 g/mol. The molecule has 0 aromatic heterocycles. The first-order valence-electron chi connectivity index (χ1n) is 10.9. The number of benzene rings is 1. The van der Waals surface area contributed by atoms with Gasteiger partial charge in [0.1, 0.15) is 6.54 Å². The number of amides is 3. The highest BCUT2D eigenvalue weighted by Crippen LogP contribution is 2.35. The summed E-state index contributed by atoms with van der Waals surface area (Å²) in [5.74, 6) is -2.12. The molecule has 1 aromatic carbocycles. The number of halogens is 1. The fourth-order valence-corrected chi connectivity index (χ4v) is 6.26. The van der Waals surface area contributed by atoms with Crippen LogP contribution < -0.4 is 5.32 Å². The summed E-state index contributed by atoms with van der Waals surface area (Å²) < 4.78 is 27.6. The number of carbonyl (C=O) groups excluding carboxylic acids is 3. The van der Waals surface area contributed by atoms with E-state index in [4.69, 9.17) is 11.6 Å². The first-order valence-corrected chi connectivity index (χ1v) is 12.7. The second-order valence-corrected chi connectivity index (χ2v) is 10.8. The summed E-state index contributed by atoms with van der Waals surface area (Å²) >= 11 is 6.20. The van der Waals surface area contributed by atoms with Gasteiger partial charge < -0.3 is 5.32 Å². The van der Waals surface area contributed by atoms with Crippen molar-refractivity contribution in [2.45, 2.75) is 43.4 Å². The van der Waals surface area contributed by atoms with E-state index in [-0.39, 0.29) is 27.4 Å². The number of likely N-dealkylation sites (tertiary alicyclic amines) is 1. The molecule has 2 aliphatic heterocycles. The molecule has 2 saturated heterocycles. The van der Waals surface area contributed by atoms with Gasteiger partial charge in [-0.2, -0.15) is 4.31 Å². The maximum atomic E-state index is 13.1. The quantitative estimate of drug-likeness (QED) is 0.516. The number of anilines is 1. The molecule has 0 unspecified atom stereocenters. The van der Waals surface area contributed by atoms with E-state index in [2.05, 4.69) is 5.32 Å². The van der Waals surface area contributed by atoms with Gasteiger partial charge in [-0.1, -0.05) is 36.6 Å². The van der Waals surface area contributed by atoms with Crippen molar-refractivity contribution in [2.75, 3.05) is 25.0 Å². The van der Waals surface area contributed by atoms with E-state index < -0.39 is 34.3 Å². The lowest BCUT2D eigenvalue weighted by Crippen LogP contribution is -2.38. The fourth-order valence-electron chi connectivity index (χ4n) is 4.55. The molecule has 32 heavy (non-hydrogen) atoms. The van der Waals surface area contributed by atoms with Crippen molar-refractivity contribution in [3.05, 3.63) is 35.4 Å². The lowest BCUT2D eigenvalue weighted by Gasteiger charge is -2.21. The molecule has 3 amide bonds. The number of sulfonamides is 1. The molecule has 3 aliphatic rings. The van der Waals surface area contributed by atoms with Crippen molar-refractivity contribution in [3.63, 3.8) is 0 Å². The van der Waals surface area contributed by atoms with Crippen LogP contribution in [-0.4, -0.2) is 55.0 Å². The third-order valence-corrected chi connectivity index (χ3v) is 8.54. The number of allylic oxidation sites excluding steroid dienone is 2. The van der Waals surface area contributed by atoms with Gasteiger partial charge in [0.2, 0.25) is 27.7 Å². The van der Waals surface area contributed by atoms with Gasteiger partial charge in [0.25, 0.3) is 0 Å². The lowest BCUT2D eigenvalue weighted by atomic mass is 9.85. The van der Waals surface area contributed by atoms with Crippen LogP contribution in [0.1, 0.15) is 38.5 Å². The van der Waals surface area contributed by atoms with E-state index in [1.54, 1.807) is 0 Å². The normalized spacial score (nSPS) is 24.3. The summed E-state index contributed by atoms with van der Waals surface area (Å²) in [6.07, 6.45) is 8.38. The smallest absolute Gasteiger partial charge is 0.244 e. The molecule has 8 nitrogen and oxygen atoms in total. The maximum absolute atomic E-state index is 13.1. The molecule has 2 heterocycles. The van der Waals surface area contributed by atoms with Crippen LogP contribution in [0.2, 0.25) is 5.02 Å². The number of fused-ring (bicyclic) bond motifs is 1. The number of hydrogen-bond acceptors (Lipinski definition) is 5. The van der Waals surface area contributed by atoms with Gasteiger partial charge >= 0.3 is 0 Å². The zero-order chi connectivity index (χ0) is 22.9. The Bertz CT molecular complexity index is 1040. The number of nitrogens with one attached hydrogen (secondary N) is 1. The molecule has 1 aliphatic carbocycles. The second kappa shape index (κ2) is 9.33. The van der Waals surface area contributed by atoms with Crippen molar-refractivity contribution in [2.24, 2.45) is 11.8 Å². The standard InChI is InChI=1S/C22H26ClN3O5S/c23-18-10-9-15(32(30,31)25-11-5-1-2-6-12-25)13-19(18)24-20(27)14-26-21(28)16-7-3-4-8-17(16)22(26)29/h3-4,9-10,13,16-17H,1-2,5-8,11-12,14H2,(H,24,27)/t16-,17-/m1/s1. The van der Waals surface area contributed by atoms with E-state index in [9.17, 15) is 22.8 Å². The number of nitrogens with zero attached hydrogens (tertiary/aromatic N) is 2. The first kappa shape index (κ1) is 22.9. The van der Waals surface area contributed by atoms with Crippen LogP contribution in [0.25, 0.3) is 0 Å². The zero-order valence-corrected chi connectivity index (χ0v) is 19.2. The van der Waals surface area contributed by atoms with Gasteiger partial charge in [-0.05, 0) is 43.9 Å². The second-order valence-electron chi connectivity index (χ2n) is 8.43. The topological polar surface area (TPSA) is 104 Å². The summed E-state index contributed by atoms with van der Waals surface area (Å²) in [7, 11) is -3.72. The number of carbonyl (C=O) groups is 3. The van der Waals surface area contributed by atoms with Gasteiger partial charge in [-0.25, -0.2) is 8.42 Å². The van der Waals surface area contributed by atoms with Crippen LogP contribution in [0.3, 0.4) is 0 Å². The molecule has 10 heteroatoms. The summed E-state index contributed by atoms with van der Waals surface area (Å²) in [6.45, 7) is 0.496. The highest BCUT2D eigenvalue weighted by molar-refractivity contribution is 7.89. The van der Waals surface area contributed by atoms with Gasteiger partial charge in [0, 0.05) is 13.1 Å². The van der Waals surface area contributed by atoms with E-state index >= 15 is 0 Å². The summed E-state index contributed by atoms with van der Waals surface area (Å²) in [5, 5.41) is 2.74. The Kier molecular flexibility index (Phi) is 6.69. The molecule has 0 spiro atoms. The van der Waals surface area contributed by atoms with Crippen LogP contribution in [0.15, 0.2) is 35.2 Å². The van der Waals surface area contributed by atoms with E-state index in [1.807, 2.05) is 12.2 Å². The average Bonchev–Trinajstić information content (AvgIpc) is 2.98. The van der Waals surface area contributed by atoms with Crippen LogP contribution in [-0.2, 0) is 24.4 Å². The SMILES string of the molecule is O=C(CN1C(=O)[C@@H]2CC=CC[C@H]2C1=O)Nc1cc(S(=O)(=O)N2CCCCCC2)ccc1Cl. The Hall–Kier alpha value is -2.23. The van der Waals surface area contributed by atoms with Crippen LogP contribution in [0, 0.1) is 11.8 Å². The van der Waals surface area contributed by atoms with Gasteiger partial charge in [0.05, 0.1) is 27.4 Å². The summed E-state index contributed by atoms with van der Waals surface area (Å²) in [4.78, 5) is 38.8. The number of hydrogen-bond donors (Lipinski definition) is 1. The third-order valence-electron chi connectivity index (χ3n) is 6.32. The predicted octanol–water partition coefficient (Wildman–Crippen LogP) is 2.79. The Morgan fingerprint density at radius 2 is 1.59 bits per heavy atom. The van der Waals surface area contributed by atoms with Gasteiger partial charge in [0.15, 0.2) is 0 Å². The van der Waals surface area contributed by atoms with E-state index in [0.29, 0.717) is 25.9 Å². The van der Waals surface area contributed by atoms with Gasteiger partial charge in [-0.3, -0.25) is 19.3 Å². The van der Waals surface area contributed by atoms with Crippen LogP contribution in [0.5, 0.6) is 0 Å². The molecular formula is C22H26ClN3O5S. The van der Waals surface area contributed by atoms with Crippen molar-refractivity contribution in [3.8, 4) is 0 Å². The highest BCUT2D eigenvalue weighted by atomic mass is 35.5. The monoisotopic (exact) mass is 479 g/mol. The molecule has 2 atom stereocenters. The van der Waals surface area contributed by atoms with Crippen LogP contribution in [0.4, 0.5) is 5.69 Å². The predicted molar refractivity (Wildman–Crippen MR) is 119 cm³/mol. The zero-order valence-electron chi connectivity index (χ0n) is 17.6. The fraction of sp³-hybridized carbons (Fsp3) is 0.500. The molecule has 1 N–H and O–H groups in total. The summed E-state index contributed by atoms with van der Waals surface area (Å²) in [6, 6.07) is 4.18. The van der Waals surface area contributed by atoms with Crippen molar-refractivity contribution in [1.29, 1.82) is 0 Å². The van der Waals surface area contributed by atoms with Crippen molar-refractivity contribution in [1.82, 2.24) is 9.21 Å². The van der Waals surface area contributed by atoms with Gasteiger partial charge in [-0.15, -0.1) is 0 Å². The Morgan fingerprint density at radius 3 is 2.19 bits per heavy atom. The highest BCUT2D eigenvalue weighted by Gasteiger charge is 2.47. The maximum Gasteiger partial charge on any atom is 0.244 e. The largest absolute Gasteiger partial charge is 0.323 e. The Morgan fingerprint density at radius 1 is 1.00 bits per heavy atom. The van der Waals surface area contributed by atoms with E-state index in [0.717, 1.165) is 30.6 Å². The molecule has 1 aromatic rings. The molecular weight excluding hydrogens is 454 g/mol. The number of imide groups is 1. The Labute approximate surface area is 192 Å². The molecule has 0 radical (unpaired) electrons. The minimum Gasteiger partial charge on any atom is -0.323 e. The first-order chi connectivity index (χ1) is 15.3. The van der Waals surface area contributed by atoms with Crippen molar-refractivity contribution < 1.29 is 22.8 Å². The van der Waals surface area contributed by atoms with Crippen LogP contribution >= 0.6 is 11.6 Å². The molecule has 4 rings (SSSR count). The Balaban J connectivity index is 1.48. The lowest BCUT2D eigenvalue weighted by molar-refractivity contribution is -0.142. The third kappa shape index (κ3) is 4.46. The van der Waals surface area contributed by atoms with Crippen molar-refractivity contribution >= 4 is 45.0 Å². The summed E-state index contributed by atoms with van der Waals surface area (Å²) in [5.41, 5.74) is 0.130. The minimum atomic E-state index is -3.72. The number of rotatable bonds is 5. The molecule has 172 valence electrons. The molecule has 0 saturated carbocycles. The molecule has 2 fully saturated rings.